The molecule has 4 heteroatoms. The summed E-state index contributed by atoms with van der Waals surface area (Å²) in [7, 11) is 0. The third-order valence-corrected chi connectivity index (χ3v) is 2.67. The van der Waals surface area contributed by atoms with Gasteiger partial charge < -0.3 is 10.1 Å². The first-order chi connectivity index (χ1) is 9.28. The van der Waals surface area contributed by atoms with E-state index >= 15 is 0 Å². The second-order valence-corrected chi connectivity index (χ2v) is 4.23. The van der Waals surface area contributed by atoms with Gasteiger partial charge in [-0.1, -0.05) is 30.3 Å². The lowest BCUT2D eigenvalue weighted by molar-refractivity contribution is 0.325. The van der Waals surface area contributed by atoms with Crippen LogP contribution in [0, 0.1) is 6.92 Å². The first-order valence-corrected chi connectivity index (χ1v) is 6.54. The van der Waals surface area contributed by atoms with E-state index in [0.717, 1.165) is 18.8 Å². The Labute approximate surface area is 113 Å². The van der Waals surface area contributed by atoms with Crippen LogP contribution in [0.1, 0.15) is 18.3 Å². The third-order valence-electron chi connectivity index (χ3n) is 2.67. The van der Waals surface area contributed by atoms with Gasteiger partial charge in [-0.2, -0.15) is 4.98 Å². The predicted octanol–water partition coefficient (Wildman–Crippen LogP) is 2.84. The molecule has 0 bridgehead atoms. The van der Waals surface area contributed by atoms with Crippen LogP contribution in [0.4, 0.5) is 5.82 Å². The third kappa shape index (κ3) is 4.25. The molecule has 0 aliphatic rings. The van der Waals surface area contributed by atoms with E-state index < -0.39 is 0 Å². The highest BCUT2D eigenvalue weighted by molar-refractivity contribution is 5.38. The summed E-state index contributed by atoms with van der Waals surface area (Å²) in [6.45, 7) is 5.26. The molecule has 1 aromatic heterocycles. The number of aryl methyl sites for hydroxylation is 1. The van der Waals surface area contributed by atoms with Gasteiger partial charge in [-0.25, -0.2) is 4.98 Å². The molecule has 0 atom stereocenters. The van der Waals surface area contributed by atoms with Crippen molar-refractivity contribution in [3.63, 3.8) is 0 Å². The minimum Gasteiger partial charge on any atom is -0.478 e. The zero-order chi connectivity index (χ0) is 13.5. The first kappa shape index (κ1) is 13.3. The summed E-state index contributed by atoms with van der Waals surface area (Å²) in [5.41, 5.74) is 1.31. The van der Waals surface area contributed by atoms with Crippen LogP contribution in [-0.2, 0) is 6.42 Å². The Bertz CT molecular complexity index is 514. The fourth-order valence-corrected chi connectivity index (χ4v) is 1.83. The van der Waals surface area contributed by atoms with Crippen LogP contribution in [0.2, 0.25) is 0 Å². The number of nitrogens with one attached hydrogen (secondary N) is 1. The van der Waals surface area contributed by atoms with E-state index in [1.54, 1.807) is 0 Å². The lowest BCUT2D eigenvalue weighted by Gasteiger charge is -2.08. The first-order valence-electron chi connectivity index (χ1n) is 6.54. The largest absolute Gasteiger partial charge is 0.478 e. The number of hydrogen-bond acceptors (Lipinski definition) is 4. The number of nitrogens with zero attached hydrogens (tertiary/aromatic N) is 2. The minimum atomic E-state index is 0.611. The fourth-order valence-electron chi connectivity index (χ4n) is 1.83. The molecule has 2 aromatic rings. The zero-order valence-electron chi connectivity index (χ0n) is 11.4. The predicted molar refractivity (Wildman–Crippen MR) is 76.6 cm³/mol. The Balaban J connectivity index is 1.92. The Morgan fingerprint density at radius 3 is 2.68 bits per heavy atom. The van der Waals surface area contributed by atoms with Gasteiger partial charge in [0.1, 0.15) is 11.6 Å². The van der Waals surface area contributed by atoms with Crippen molar-refractivity contribution >= 4 is 5.82 Å². The van der Waals surface area contributed by atoms with Crippen LogP contribution in [0.3, 0.4) is 0 Å². The average molecular weight is 257 g/mol. The summed E-state index contributed by atoms with van der Waals surface area (Å²) in [6, 6.07) is 12.2. The van der Waals surface area contributed by atoms with Crippen molar-refractivity contribution in [2.45, 2.75) is 20.3 Å². The molecule has 4 nitrogen and oxygen atoms in total. The van der Waals surface area contributed by atoms with E-state index in [9.17, 15) is 0 Å². The second kappa shape index (κ2) is 6.73. The van der Waals surface area contributed by atoms with Gasteiger partial charge in [0.25, 0.3) is 0 Å². The number of ether oxygens (including phenoxy) is 1. The van der Waals surface area contributed by atoms with Crippen LogP contribution in [0.5, 0.6) is 5.88 Å². The van der Waals surface area contributed by atoms with Crippen molar-refractivity contribution in [2.24, 2.45) is 0 Å². The molecule has 0 spiro atoms. The van der Waals surface area contributed by atoms with Crippen molar-refractivity contribution < 1.29 is 4.74 Å². The normalized spacial score (nSPS) is 10.2. The van der Waals surface area contributed by atoms with Crippen molar-refractivity contribution in [1.29, 1.82) is 0 Å². The van der Waals surface area contributed by atoms with E-state index in [1.807, 2.05) is 26.0 Å². The van der Waals surface area contributed by atoms with Gasteiger partial charge in [0.05, 0.1) is 6.61 Å². The molecule has 0 amide bonds. The Kier molecular flexibility index (Phi) is 4.72. The van der Waals surface area contributed by atoms with Crippen LogP contribution < -0.4 is 10.1 Å². The molecular weight excluding hydrogens is 238 g/mol. The van der Waals surface area contributed by atoms with Crippen LogP contribution in [-0.4, -0.2) is 23.1 Å². The summed E-state index contributed by atoms with van der Waals surface area (Å²) in [5, 5.41) is 3.30. The maximum Gasteiger partial charge on any atom is 0.218 e. The summed E-state index contributed by atoms with van der Waals surface area (Å²) in [5.74, 6) is 2.15. The smallest absolute Gasteiger partial charge is 0.218 e. The van der Waals surface area contributed by atoms with E-state index in [-0.39, 0.29) is 0 Å². The van der Waals surface area contributed by atoms with Crippen LogP contribution in [0.15, 0.2) is 36.4 Å². The Hall–Kier alpha value is -2.10. The summed E-state index contributed by atoms with van der Waals surface area (Å²) in [4.78, 5) is 8.56. The highest BCUT2D eigenvalue weighted by Gasteiger charge is 2.02. The van der Waals surface area contributed by atoms with E-state index in [2.05, 4.69) is 39.6 Å². The van der Waals surface area contributed by atoms with Gasteiger partial charge in [-0.05, 0) is 25.8 Å². The number of hydrogen-bond donors (Lipinski definition) is 1. The lowest BCUT2D eigenvalue weighted by atomic mass is 10.1. The van der Waals surface area contributed by atoms with Crippen LogP contribution in [0.25, 0.3) is 0 Å². The molecule has 1 aromatic carbocycles. The monoisotopic (exact) mass is 257 g/mol. The molecule has 0 fully saturated rings. The van der Waals surface area contributed by atoms with Gasteiger partial charge in [0.2, 0.25) is 5.88 Å². The standard InChI is InChI=1S/C15H19N3O/c1-3-19-15-11-14(17-12(2)18-15)16-10-9-13-7-5-4-6-8-13/h4-8,11H,3,9-10H2,1-2H3,(H,16,17,18). The van der Waals surface area contributed by atoms with Gasteiger partial charge in [0.15, 0.2) is 0 Å². The van der Waals surface area contributed by atoms with Gasteiger partial charge in [-0.15, -0.1) is 0 Å². The van der Waals surface area contributed by atoms with Gasteiger partial charge >= 0.3 is 0 Å². The van der Waals surface area contributed by atoms with Crippen LogP contribution >= 0.6 is 0 Å². The molecule has 0 aliphatic heterocycles. The topological polar surface area (TPSA) is 47.0 Å². The van der Waals surface area contributed by atoms with Crippen molar-refractivity contribution in [3.8, 4) is 5.88 Å². The number of benzene rings is 1. The molecule has 0 aliphatic carbocycles. The number of aromatic nitrogens is 2. The zero-order valence-corrected chi connectivity index (χ0v) is 11.4. The van der Waals surface area contributed by atoms with Gasteiger partial charge in [0, 0.05) is 12.6 Å². The maximum absolute atomic E-state index is 5.40. The molecule has 1 heterocycles. The van der Waals surface area contributed by atoms with E-state index in [1.165, 1.54) is 5.56 Å². The molecule has 0 radical (unpaired) electrons. The fraction of sp³-hybridized carbons (Fsp3) is 0.333. The summed E-state index contributed by atoms with van der Waals surface area (Å²) >= 11 is 0. The van der Waals surface area contributed by atoms with Gasteiger partial charge in [-0.3, -0.25) is 0 Å². The van der Waals surface area contributed by atoms with Crippen molar-refractivity contribution in [1.82, 2.24) is 9.97 Å². The molecule has 100 valence electrons. The minimum absolute atomic E-state index is 0.611. The van der Waals surface area contributed by atoms with E-state index in [0.29, 0.717) is 18.3 Å². The Morgan fingerprint density at radius 2 is 1.95 bits per heavy atom. The Morgan fingerprint density at radius 1 is 1.16 bits per heavy atom. The molecule has 19 heavy (non-hydrogen) atoms. The molecule has 2 rings (SSSR count). The van der Waals surface area contributed by atoms with E-state index in [4.69, 9.17) is 4.74 Å². The number of anilines is 1. The average Bonchev–Trinajstić information content (AvgIpc) is 2.40. The summed E-state index contributed by atoms with van der Waals surface area (Å²) in [6.07, 6.45) is 0.966. The highest BCUT2D eigenvalue weighted by atomic mass is 16.5. The quantitative estimate of drug-likeness (QED) is 0.864. The van der Waals surface area contributed by atoms with Crippen molar-refractivity contribution in [2.75, 3.05) is 18.5 Å². The summed E-state index contributed by atoms with van der Waals surface area (Å²) < 4.78 is 5.40. The highest BCUT2D eigenvalue weighted by Crippen LogP contribution is 2.13. The molecule has 0 unspecified atom stereocenters. The second-order valence-electron chi connectivity index (χ2n) is 4.23. The molecule has 0 saturated heterocycles. The molecule has 1 N–H and O–H groups in total. The van der Waals surface area contributed by atoms with Crippen molar-refractivity contribution in [3.05, 3.63) is 47.8 Å². The molecular formula is C15H19N3O. The lowest BCUT2D eigenvalue weighted by Crippen LogP contribution is -2.08. The molecule has 0 saturated carbocycles. The number of rotatable bonds is 6. The maximum atomic E-state index is 5.40. The SMILES string of the molecule is CCOc1cc(NCCc2ccccc2)nc(C)n1.